The molecule has 0 unspecified atom stereocenters. The van der Waals surface area contributed by atoms with E-state index in [0.29, 0.717) is 23.1 Å². The fourth-order valence-electron chi connectivity index (χ4n) is 3.29. The van der Waals surface area contributed by atoms with Crippen molar-refractivity contribution in [3.05, 3.63) is 29.2 Å². The van der Waals surface area contributed by atoms with Gasteiger partial charge in [-0.25, -0.2) is 4.98 Å². The molecule has 1 saturated carbocycles. The van der Waals surface area contributed by atoms with Crippen LogP contribution in [0.15, 0.2) is 16.5 Å². The third kappa shape index (κ3) is 2.86. The van der Waals surface area contributed by atoms with E-state index in [1.54, 1.807) is 0 Å². The largest absolute Gasteiger partial charge is 0.439 e. The summed E-state index contributed by atoms with van der Waals surface area (Å²) in [6.45, 7) is 4.95. The molecule has 2 aromatic rings. The molecule has 0 amide bonds. The summed E-state index contributed by atoms with van der Waals surface area (Å²) in [5.74, 6) is 0.927. The van der Waals surface area contributed by atoms with Gasteiger partial charge in [-0.05, 0) is 37.6 Å². The van der Waals surface area contributed by atoms with Crippen LogP contribution in [0.2, 0.25) is 0 Å². The van der Waals surface area contributed by atoms with Crippen molar-refractivity contribution in [1.82, 2.24) is 9.88 Å². The quantitative estimate of drug-likeness (QED) is 0.848. The molecule has 1 aromatic heterocycles. The summed E-state index contributed by atoms with van der Waals surface area (Å²) in [6, 6.07) is 6.94. The zero-order valence-corrected chi connectivity index (χ0v) is 13.6. The molecule has 0 radical (unpaired) electrons. The van der Waals surface area contributed by atoms with Crippen LogP contribution in [0.3, 0.4) is 0 Å². The lowest BCUT2D eigenvalue weighted by atomic mass is 10.1. The molecule has 3 rings (SSSR count). The van der Waals surface area contributed by atoms with Gasteiger partial charge in [0.05, 0.1) is 5.56 Å². The summed E-state index contributed by atoms with van der Waals surface area (Å²) in [5.41, 5.74) is 3.16. The maximum Gasteiger partial charge on any atom is 0.198 e. The Bertz CT molecular complexity index is 705. The number of hydrogen-bond donors (Lipinski definition) is 0. The highest BCUT2D eigenvalue weighted by Crippen LogP contribution is 2.27. The van der Waals surface area contributed by atoms with Crippen molar-refractivity contribution in [2.75, 3.05) is 7.05 Å². The maximum atomic E-state index is 9.40. The van der Waals surface area contributed by atoms with Gasteiger partial charge in [-0.2, -0.15) is 5.26 Å². The van der Waals surface area contributed by atoms with Crippen LogP contribution in [0.25, 0.3) is 11.1 Å². The van der Waals surface area contributed by atoms with Crippen LogP contribution in [0.1, 0.15) is 62.5 Å². The van der Waals surface area contributed by atoms with Gasteiger partial charge in [0, 0.05) is 18.5 Å². The normalized spacial score (nSPS) is 16.0. The summed E-state index contributed by atoms with van der Waals surface area (Å²) in [4.78, 5) is 6.95. The van der Waals surface area contributed by atoms with Crippen LogP contribution in [0.4, 0.5) is 0 Å². The highest BCUT2D eigenvalue weighted by atomic mass is 16.3. The third-order valence-corrected chi connectivity index (χ3v) is 4.56. The van der Waals surface area contributed by atoms with E-state index in [4.69, 9.17) is 4.42 Å². The maximum absolute atomic E-state index is 9.40. The van der Waals surface area contributed by atoms with Gasteiger partial charge >= 0.3 is 0 Å². The molecule has 1 heterocycles. The minimum absolute atomic E-state index is 0.226. The summed E-state index contributed by atoms with van der Waals surface area (Å²) >= 11 is 0. The lowest BCUT2D eigenvalue weighted by molar-refractivity contribution is 0.237. The third-order valence-electron chi connectivity index (χ3n) is 4.56. The van der Waals surface area contributed by atoms with Gasteiger partial charge < -0.3 is 4.42 Å². The number of nitrogens with zero attached hydrogens (tertiary/aromatic N) is 3. The van der Waals surface area contributed by atoms with Gasteiger partial charge in [0.15, 0.2) is 11.5 Å². The zero-order valence-electron chi connectivity index (χ0n) is 13.6. The molecule has 0 N–H and O–H groups in total. The SMILES string of the molecule is CC(C)c1nc2cc(CN(C)C3CCCC3)cc(C#N)c2o1. The molecular formula is C18H23N3O. The van der Waals surface area contributed by atoms with Crippen molar-refractivity contribution < 1.29 is 4.42 Å². The number of rotatable bonds is 4. The molecule has 4 nitrogen and oxygen atoms in total. The predicted molar refractivity (Wildman–Crippen MR) is 86.5 cm³/mol. The van der Waals surface area contributed by atoms with Crippen molar-refractivity contribution in [1.29, 1.82) is 5.26 Å². The van der Waals surface area contributed by atoms with Gasteiger partial charge in [0.1, 0.15) is 11.6 Å². The smallest absolute Gasteiger partial charge is 0.198 e. The van der Waals surface area contributed by atoms with Crippen molar-refractivity contribution in [3.8, 4) is 6.07 Å². The van der Waals surface area contributed by atoms with E-state index >= 15 is 0 Å². The minimum Gasteiger partial charge on any atom is -0.439 e. The molecular weight excluding hydrogens is 274 g/mol. The molecule has 4 heteroatoms. The molecule has 0 spiro atoms. The van der Waals surface area contributed by atoms with Gasteiger partial charge in [0.2, 0.25) is 0 Å². The second kappa shape index (κ2) is 6.10. The standard InChI is InChI=1S/C18H23N3O/c1-12(2)18-20-16-9-13(8-14(10-19)17(16)22-18)11-21(3)15-6-4-5-7-15/h8-9,12,15H,4-7,11H2,1-3H3. The van der Waals surface area contributed by atoms with E-state index in [1.807, 2.05) is 19.9 Å². The molecule has 0 bridgehead atoms. The molecule has 1 aliphatic carbocycles. The van der Waals surface area contributed by atoms with Gasteiger partial charge in [0.25, 0.3) is 0 Å². The first-order valence-corrected chi connectivity index (χ1v) is 8.12. The van der Waals surface area contributed by atoms with E-state index in [2.05, 4.69) is 29.1 Å². The van der Waals surface area contributed by atoms with Crippen molar-refractivity contribution >= 4 is 11.1 Å². The second-order valence-electron chi connectivity index (χ2n) is 6.66. The Morgan fingerprint density at radius 1 is 1.36 bits per heavy atom. The lowest BCUT2D eigenvalue weighted by Gasteiger charge is -2.24. The van der Waals surface area contributed by atoms with Crippen molar-refractivity contribution in [2.45, 2.75) is 58.0 Å². The van der Waals surface area contributed by atoms with E-state index in [-0.39, 0.29) is 5.92 Å². The molecule has 22 heavy (non-hydrogen) atoms. The first-order valence-electron chi connectivity index (χ1n) is 8.12. The Balaban J connectivity index is 1.91. The molecule has 0 aliphatic heterocycles. The van der Waals surface area contributed by atoms with E-state index in [0.717, 1.165) is 17.6 Å². The topological polar surface area (TPSA) is 53.1 Å². The molecule has 1 fully saturated rings. The summed E-state index contributed by atoms with van der Waals surface area (Å²) in [7, 11) is 2.18. The van der Waals surface area contributed by atoms with Gasteiger partial charge in [-0.3, -0.25) is 4.90 Å². The van der Waals surface area contributed by atoms with Crippen LogP contribution in [-0.4, -0.2) is 23.0 Å². The molecule has 116 valence electrons. The Hall–Kier alpha value is -1.86. The first-order chi connectivity index (χ1) is 10.6. The Morgan fingerprint density at radius 2 is 2.09 bits per heavy atom. The number of hydrogen-bond acceptors (Lipinski definition) is 4. The number of benzene rings is 1. The molecule has 1 aromatic carbocycles. The average molecular weight is 297 g/mol. The second-order valence-corrected chi connectivity index (χ2v) is 6.66. The molecule has 0 atom stereocenters. The predicted octanol–water partition coefficient (Wildman–Crippen LogP) is 4.20. The van der Waals surface area contributed by atoms with Crippen LogP contribution in [0.5, 0.6) is 0 Å². The van der Waals surface area contributed by atoms with Gasteiger partial charge in [-0.1, -0.05) is 26.7 Å². The summed E-state index contributed by atoms with van der Waals surface area (Å²) in [5, 5.41) is 9.40. The van der Waals surface area contributed by atoms with E-state index in [9.17, 15) is 5.26 Å². The van der Waals surface area contributed by atoms with Crippen LogP contribution in [-0.2, 0) is 6.54 Å². The Morgan fingerprint density at radius 3 is 2.73 bits per heavy atom. The van der Waals surface area contributed by atoms with E-state index < -0.39 is 0 Å². The van der Waals surface area contributed by atoms with Crippen LogP contribution in [0, 0.1) is 11.3 Å². The highest BCUT2D eigenvalue weighted by Gasteiger charge is 2.20. The highest BCUT2D eigenvalue weighted by molar-refractivity contribution is 5.80. The fourth-order valence-corrected chi connectivity index (χ4v) is 3.29. The van der Waals surface area contributed by atoms with Crippen LogP contribution < -0.4 is 0 Å². The Kier molecular flexibility index (Phi) is 4.17. The lowest BCUT2D eigenvalue weighted by Crippen LogP contribution is -2.28. The monoisotopic (exact) mass is 297 g/mol. The van der Waals surface area contributed by atoms with Gasteiger partial charge in [-0.15, -0.1) is 0 Å². The molecule has 0 saturated heterocycles. The van der Waals surface area contributed by atoms with Crippen molar-refractivity contribution in [3.63, 3.8) is 0 Å². The fraction of sp³-hybridized carbons (Fsp3) is 0.556. The minimum atomic E-state index is 0.226. The summed E-state index contributed by atoms with van der Waals surface area (Å²) < 4.78 is 5.76. The van der Waals surface area contributed by atoms with Crippen molar-refractivity contribution in [2.24, 2.45) is 0 Å². The van der Waals surface area contributed by atoms with Crippen LogP contribution >= 0.6 is 0 Å². The number of aromatic nitrogens is 1. The average Bonchev–Trinajstić information content (AvgIpc) is 3.15. The first kappa shape index (κ1) is 15.1. The Labute approximate surface area is 131 Å². The van der Waals surface area contributed by atoms with E-state index in [1.165, 1.54) is 25.7 Å². The number of fused-ring (bicyclic) bond motifs is 1. The zero-order chi connectivity index (χ0) is 15.7. The number of oxazole rings is 1. The summed E-state index contributed by atoms with van der Waals surface area (Å²) in [6.07, 6.45) is 5.23. The number of nitriles is 1. The molecule has 1 aliphatic rings.